The molecule has 7 heteroatoms. The predicted molar refractivity (Wildman–Crippen MR) is 68.9 cm³/mol. The smallest absolute Gasteiger partial charge is 0.270 e. The number of hydrogen-bond donors (Lipinski definition) is 2. The summed E-state index contributed by atoms with van der Waals surface area (Å²) in [6.07, 6.45) is 0.333. The minimum Gasteiger partial charge on any atom is -0.375 e. The Hall–Kier alpha value is -2.02. The van der Waals surface area contributed by atoms with E-state index in [9.17, 15) is 13.6 Å². The van der Waals surface area contributed by atoms with Crippen molar-refractivity contribution >= 4 is 22.4 Å². The summed E-state index contributed by atoms with van der Waals surface area (Å²) in [6.45, 7) is 0.263. The molecule has 1 heterocycles. The molecule has 0 aliphatic carbocycles. The van der Waals surface area contributed by atoms with Gasteiger partial charge >= 0.3 is 0 Å². The third-order valence-electron chi connectivity index (χ3n) is 2.38. The lowest BCUT2D eigenvalue weighted by molar-refractivity contribution is 0.0950. The average Bonchev–Trinajstić information content (AvgIpc) is 2.74. The van der Waals surface area contributed by atoms with Crippen molar-refractivity contribution in [3.05, 3.63) is 46.5 Å². The Labute approximate surface area is 112 Å². The van der Waals surface area contributed by atoms with Crippen LogP contribution in [0, 0.1) is 11.6 Å². The highest BCUT2D eigenvalue weighted by Gasteiger charge is 2.09. The molecule has 100 valence electrons. The first kappa shape index (κ1) is 13.4. The fourth-order valence-corrected chi connectivity index (χ4v) is 2.10. The minimum absolute atomic E-state index is 0.243. The summed E-state index contributed by atoms with van der Waals surface area (Å²) in [6, 6.07) is 3.27. The van der Waals surface area contributed by atoms with Crippen molar-refractivity contribution in [2.24, 2.45) is 0 Å². The number of benzene rings is 1. The molecule has 0 aliphatic heterocycles. The normalized spacial score (nSPS) is 10.4. The van der Waals surface area contributed by atoms with E-state index in [-0.39, 0.29) is 18.1 Å². The molecule has 19 heavy (non-hydrogen) atoms. The maximum Gasteiger partial charge on any atom is 0.270 e. The molecule has 0 fully saturated rings. The number of rotatable bonds is 4. The molecule has 0 saturated carbocycles. The van der Waals surface area contributed by atoms with E-state index in [0.29, 0.717) is 17.1 Å². The van der Waals surface area contributed by atoms with Crippen molar-refractivity contribution in [3.63, 3.8) is 0 Å². The van der Waals surface area contributed by atoms with Gasteiger partial charge in [-0.25, -0.2) is 13.8 Å². The zero-order chi connectivity index (χ0) is 13.8. The van der Waals surface area contributed by atoms with Crippen molar-refractivity contribution in [3.8, 4) is 0 Å². The van der Waals surface area contributed by atoms with Gasteiger partial charge in [-0.2, -0.15) is 0 Å². The van der Waals surface area contributed by atoms with E-state index in [4.69, 9.17) is 5.73 Å². The van der Waals surface area contributed by atoms with Crippen molar-refractivity contribution in [1.82, 2.24) is 10.3 Å². The van der Waals surface area contributed by atoms with Crippen LogP contribution in [0.5, 0.6) is 0 Å². The van der Waals surface area contributed by atoms with Gasteiger partial charge in [0.2, 0.25) is 0 Å². The van der Waals surface area contributed by atoms with Crippen LogP contribution in [0.1, 0.15) is 16.1 Å². The molecule has 2 rings (SSSR count). The third-order valence-corrected chi connectivity index (χ3v) is 3.05. The molecular weight excluding hydrogens is 272 g/mol. The van der Waals surface area contributed by atoms with E-state index in [1.54, 1.807) is 5.38 Å². The fourth-order valence-electron chi connectivity index (χ4n) is 1.56. The van der Waals surface area contributed by atoms with Gasteiger partial charge in [0, 0.05) is 18.0 Å². The number of hydrogen-bond acceptors (Lipinski definition) is 4. The van der Waals surface area contributed by atoms with Crippen molar-refractivity contribution in [2.75, 3.05) is 12.3 Å². The number of halogens is 2. The highest BCUT2D eigenvalue weighted by Crippen LogP contribution is 2.11. The molecule has 2 aromatic rings. The maximum absolute atomic E-state index is 12.9. The Kier molecular flexibility index (Phi) is 4.06. The Bertz CT molecular complexity index is 580. The van der Waals surface area contributed by atoms with E-state index < -0.39 is 11.6 Å². The molecule has 4 nitrogen and oxygen atoms in total. The molecule has 3 N–H and O–H groups in total. The Morgan fingerprint density at radius 3 is 2.58 bits per heavy atom. The average molecular weight is 283 g/mol. The van der Waals surface area contributed by atoms with Crippen LogP contribution in [0.15, 0.2) is 23.6 Å². The molecular formula is C12H11F2N3OS. The Morgan fingerprint density at radius 2 is 2.00 bits per heavy atom. The quantitative estimate of drug-likeness (QED) is 0.901. The SMILES string of the molecule is Nc1nc(C(=O)NCCc2cc(F)cc(F)c2)cs1. The first-order valence-corrected chi connectivity index (χ1v) is 6.37. The molecule has 0 bridgehead atoms. The van der Waals surface area contributed by atoms with E-state index in [2.05, 4.69) is 10.3 Å². The summed E-state index contributed by atoms with van der Waals surface area (Å²) in [4.78, 5) is 15.4. The van der Waals surface area contributed by atoms with Crippen LogP contribution >= 0.6 is 11.3 Å². The lowest BCUT2D eigenvalue weighted by atomic mass is 10.1. The van der Waals surface area contributed by atoms with Gasteiger partial charge in [-0.1, -0.05) is 0 Å². The zero-order valence-corrected chi connectivity index (χ0v) is 10.6. The Morgan fingerprint density at radius 1 is 1.32 bits per heavy atom. The van der Waals surface area contributed by atoms with Crippen LogP contribution in [0.3, 0.4) is 0 Å². The van der Waals surface area contributed by atoms with Gasteiger partial charge in [0.15, 0.2) is 5.13 Å². The first-order valence-electron chi connectivity index (χ1n) is 5.49. The highest BCUT2D eigenvalue weighted by atomic mass is 32.1. The second kappa shape index (κ2) is 5.75. The molecule has 0 radical (unpaired) electrons. The van der Waals surface area contributed by atoms with Crippen molar-refractivity contribution < 1.29 is 13.6 Å². The van der Waals surface area contributed by atoms with Crippen LogP contribution in [0.25, 0.3) is 0 Å². The van der Waals surface area contributed by atoms with Crippen molar-refractivity contribution in [2.45, 2.75) is 6.42 Å². The Balaban J connectivity index is 1.88. The molecule has 0 spiro atoms. The number of amides is 1. The molecule has 1 aromatic heterocycles. The minimum atomic E-state index is -0.631. The number of nitrogen functional groups attached to an aromatic ring is 1. The van der Waals surface area contributed by atoms with Gasteiger partial charge in [0.1, 0.15) is 17.3 Å². The monoisotopic (exact) mass is 283 g/mol. The highest BCUT2D eigenvalue weighted by molar-refractivity contribution is 7.13. The third kappa shape index (κ3) is 3.72. The van der Waals surface area contributed by atoms with Crippen LogP contribution in [0.4, 0.5) is 13.9 Å². The molecule has 1 aromatic carbocycles. The van der Waals surface area contributed by atoms with Gasteiger partial charge in [0.25, 0.3) is 5.91 Å². The second-order valence-electron chi connectivity index (χ2n) is 3.85. The van der Waals surface area contributed by atoms with Gasteiger partial charge in [-0.3, -0.25) is 4.79 Å². The van der Waals surface area contributed by atoms with E-state index in [1.807, 2.05) is 0 Å². The number of thiazole rings is 1. The summed E-state index contributed by atoms with van der Waals surface area (Å²) in [5, 5.41) is 4.47. The van der Waals surface area contributed by atoms with E-state index in [0.717, 1.165) is 6.07 Å². The summed E-state index contributed by atoms with van der Waals surface area (Å²) < 4.78 is 25.9. The summed E-state index contributed by atoms with van der Waals surface area (Å²) in [5.41, 5.74) is 6.14. The topological polar surface area (TPSA) is 68.0 Å². The van der Waals surface area contributed by atoms with E-state index >= 15 is 0 Å². The number of anilines is 1. The molecule has 1 amide bonds. The number of nitrogens with two attached hydrogens (primary N) is 1. The van der Waals surface area contributed by atoms with Crippen LogP contribution < -0.4 is 11.1 Å². The van der Waals surface area contributed by atoms with Crippen LogP contribution in [-0.4, -0.2) is 17.4 Å². The number of carbonyl (C=O) groups excluding carboxylic acids is 1. The van der Waals surface area contributed by atoms with Crippen molar-refractivity contribution in [1.29, 1.82) is 0 Å². The lowest BCUT2D eigenvalue weighted by Gasteiger charge is -2.04. The van der Waals surface area contributed by atoms with Crippen LogP contribution in [-0.2, 0) is 6.42 Å². The summed E-state index contributed by atoms with van der Waals surface area (Å²) in [5.74, 6) is -1.62. The van der Waals surface area contributed by atoms with Gasteiger partial charge in [-0.05, 0) is 24.1 Å². The van der Waals surface area contributed by atoms with Gasteiger partial charge in [-0.15, -0.1) is 11.3 Å². The summed E-state index contributed by atoms with van der Waals surface area (Å²) in [7, 11) is 0. The standard InChI is InChI=1S/C12H11F2N3OS/c13-8-3-7(4-9(14)5-8)1-2-16-11(18)10-6-19-12(15)17-10/h3-6H,1-2H2,(H2,15,17)(H,16,18). The molecule has 0 saturated heterocycles. The molecule has 0 unspecified atom stereocenters. The second-order valence-corrected chi connectivity index (χ2v) is 4.74. The van der Waals surface area contributed by atoms with Crippen LogP contribution in [0.2, 0.25) is 0 Å². The number of nitrogens with zero attached hydrogens (tertiary/aromatic N) is 1. The number of aromatic nitrogens is 1. The molecule has 0 aliphatic rings. The molecule has 0 atom stereocenters. The number of nitrogens with one attached hydrogen (secondary N) is 1. The zero-order valence-electron chi connectivity index (χ0n) is 9.82. The maximum atomic E-state index is 12.9. The number of carbonyl (C=O) groups is 1. The first-order chi connectivity index (χ1) is 9.04. The van der Waals surface area contributed by atoms with E-state index in [1.165, 1.54) is 23.5 Å². The fraction of sp³-hybridized carbons (Fsp3) is 0.167. The van der Waals surface area contributed by atoms with Gasteiger partial charge in [0.05, 0.1) is 0 Å². The van der Waals surface area contributed by atoms with Gasteiger partial charge < -0.3 is 11.1 Å². The largest absolute Gasteiger partial charge is 0.375 e. The lowest BCUT2D eigenvalue weighted by Crippen LogP contribution is -2.26. The summed E-state index contributed by atoms with van der Waals surface area (Å²) >= 11 is 1.17. The predicted octanol–water partition coefficient (Wildman–Crippen LogP) is 1.98.